The van der Waals surface area contributed by atoms with Crippen LogP contribution in [0.3, 0.4) is 0 Å². The number of hydrogen-bond donors (Lipinski definition) is 0. The number of rotatable bonds is 2. The lowest BCUT2D eigenvalue weighted by Gasteiger charge is -2.24. The fraction of sp³-hybridized carbons (Fsp3) is 0.889. The zero-order valence-corrected chi connectivity index (χ0v) is 8.33. The van der Waals surface area contributed by atoms with E-state index >= 15 is 0 Å². The van der Waals surface area contributed by atoms with Crippen LogP contribution in [0.15, 0.2) is 0 Å². The van der Waals surface area contributed by atoms with E-state index in [9.17, 15) is 4.79 Å². The fourth-order valence-corrected chi connectivity index (χ4v) is 2.11. The summed E-state index contributed by atoms with van der Waals surface area (Å²) in [5.41, 5.74) is 0.774. The minimum Gasteiger partial charge on any atom is -0.299 e. The molecule has 1 aliphatic rings. The van der Waals surface area contributed by atoms with Crippen molar-refractivity contribution >= 4 is 15.0 Å². The van der Waals surface area contributed by atoms with E-state index in [0.717, 1.165) is 24.9 Å². The number of ketones is 1. The number of Topliss-reactive ketones (excluding diaryl/α,β-unsaturated/α-hetero) is 1. The third kappa shape index (κ3) is 2.56. The van der Waals surface area contributed by atoms with Crippen molar-refractivity contribution < 1.29 is 4.79 Å². The van der Waals surface area contributed by atoms with Crippen molar-refractivity contribution in [1.82, 2.24) is 0 Å². The van der Waals surface area contributed by atoms with Crippen LogP contribution >= 0.6 is 9.24 Å². The van der Waals surface area contributed by atoms with Crippen molar-refractivity contribution in [3.8, 4) is 0 Å². The Morgan fingerprint density at radius 2 is 1.91 bits per heavy atom. The van der Waals surface area contributed by atoms with Gasteiger partial charge in [0.05, 0.1) is 0 Å². The van der Waals surface area contributed by atoms with Crippen LogP contribution in [0.25, 0.3) is 0 Å². The van der Waals surface area contributed by atoms with Gasteiger partial charge in [0.1, 0.15) is 5.78 Å². The Morgan fingerprint density at radius 1 is 1.36 bits per heavy atom. The van der Waals surface area contributed by atoms with Crippen molar-refractivity contribution in [2.45, 2.75) is 44.7 Å². The molecule has 1 atom stereocenters. The van der Waals surface area contributed by atoms with Gasteiger partial charge in [0.15, 0.2) is 0 Å². The second-order valence-corrected chi connectivity index (χ2v) is 4.37. The van der Waals surface area contributed by atoms with Gasteiger partial charge in [0.2, 0.25) is 0 Å². The Morgan fingerprint density at radius 3 is 2.36 bits per heavy atom. The van der Waals surface area contributed by atoms with Crippen LogP contribution in [0.5, 0.6) is 0 Å². The van der Waals surface area contributed by atoms with E-state index in [-0.39, 0.29) is 0 Å². The van der Waals surface area contributed by atoms with Crippen LogP contribution in [0.4, 0.5) is 0 Å². The van der Waals surface area contributed by atoms with Gasteiger partial charge in [-0.3, -0.25) is 4.79 Å². The summed E-state index contributed by atoms with van der Waals surface area (Å²) in [5.74, 6) is 0.874. The molecule has 0 aromatic carbocycles. The second kappa shape index (κ2) is 4.21. The first kappa shape index (κ1) is 9.19. The van der Waals surface area contributed by atoms with Gasteiger partial charge < -0.3 is 0 Å². The van der Waals surface area contributed by atoms with Gasteiger partial charge in [-0.15, -0.1) is 9.24 Å². The maximum Gasteiger partial charge on any atom is 0.135 e. The molecule has 2 heteroatoms. The molecule has 0 aliphatic heterocycles. The first-order valence-corrected chi connectivity index (χ1v) is 5.19. The van der Waals surface area contributed by atoms with Crippen molar-refractivity contribution in [2.75, 3.05) is 0 Å². The van der Waals surface area contributed by atoms with Gasteiger partial charge in [-0.2, -0.15) is 0 Å². The molecule has 0 aromatic rings. The van der Waals surface area contributed by atoms with Gasteiger partial charge >= 0.3 is 0 Å². The lowest BCUT2D eigenvalue weighted by molar-refractivity contribution is -0.123. The molecule has 0 amide bonds. The Kier molecular flexibility index (Phi) is 3.51. The van der Waals surface area contributed by atoms with E-state index in [1.165, 1.54) is 12.8 Å². The zero-order chi connectivity index (χ0) is 8.27. The van der Waals surface area contributed by atoms with Crippen LogP contribution in [-0.2, 0) is 4.79 Å². The van der Waals surface area contributed by atoms with E-state index in [1.807, 2.05) is 6.92 Å². The molecule has 0 heterocycles. The third-order valence-electron chi connectivity index (χ3n) is 2.58. The first-order chi connectivity index (χ1) is 5.24. The molecule has 0 aromatic heterocycles. The number of carbonyl (C=O) groups excluding carboxylic acids is 1. The minimum absolute atomic E-state index is 0.400. The number of hydrogen-bond acceptors (Lipinski definition) is 1. The fourth-order valence-electron chi connectivity index (χ4n) is 1.73. The predicted molar refractivity (Wildman–Crippen MR) is 50.8 cm³/mol. The van der Waals surface area contributed by atoms with E-state index in [0.29, 0.717) is 11.7 Å². The first-order valence-electron chi connectivity index (χ1n) is 4.52. The van der Waals surface area contributed by atoms with E-state index in [4.69, 9.17) is 0 Å². The van der Waals surface area contributed by atoms with Crippen molar-refractivity contribution in [1.29, 1.82) is 0 Å². The SMILES string of the molecule is CCC(=O)C1CCC(P)CC1. The largest absolute Gasteiger partial charge is 0.299 e. The molecule has 1 saturated carbocycles. The Hall–Kier alpha value is 0.100. The van der Waals surface area contributed by atoms with Crippen LogP contribution < -0.4 is 0 Å². The quantitative estimate of drug-likeness (QED) is 0.584. The summed E-state index contributed by atoms with van der Waals surface area (Å²) in [7, 11) is 2.86. The van der Waals surface area contributed by atoms with Crippen molar-refractivity contribution in [3.63, 3.8) is 0 Å². The summed E-state index contributed by atoms with van der Waals surface area (Å²) < 4.78 is 0. The van der Waals surface area contributed by atoms with Crippen LogP contribution in [0.2, 0.25) is 0 Å². The molecule has 0 spiro atoms. The average molecular weight is 172 g/mol. The Balaban J connectivity index is 2.33. The van der Waals surface area contributed by atoms with Gasteiger partial charge in [-0.05, 0) is 31.3 Å². The normalized spacial score (nSPS) is 31.8. The van der Waals surface area contributed by atoms with Gasteiger partial charge in [-0.25, -0.2) is 0 Å². The summed E-state index contributed by atoms with van der Waals surface area (Å²) in [6, 6.07) is 0. The van der Waals surface area contributed by atoms with Crippen LogP contribution in [0.1, 0.15) is 39.0 Å². The monoisotopic (exact) mass is 172 g/mol. The van der Waals surface area contributed by atoms with E-state index in [1.54, 1.807) is 0 Å². The highest BCUT2D eigenvalue weighted by molar-refractivity contribution is 7.17. The second-order valence-electron chi connectivity index (χ2n) is 3.43. The summed E-state index contributed by atoms with van der Waals surface area (Å²) in [4.78, 5) is 11.3. The van der Waals surface area contributed by atoms with Gasteiger partial charge in [-0.1, -0.05) is 6.92 Å². The van der Waals surface area contributed by atoms with E-state index in [2.05, 4.69) is 9.24 Å². The topological polar surface area (TPSA) is 17.1 Å². The number of carbonyl (C=O) groups is 1. The summed E-state index contributed by atoms with van der Waals surface area (Å²) >= 11 is 0. The molecular formula is C9H17OP. The van der Waals surface area contributed by atoms with Gasteiger partial charge in [0.25, 0.3) is 0 Å². The molecular weight excluding hydrogens is 155 g/mol. The molecule has 0 bridgehead atoms. The molecule has 1 fully saturated rings. The molecule has 1 rings (SSSR count). The van der Waals surface area contributed by atoms with Crippen LogP contribution in [-0.4, -0.2) is 11.4 Å². The van der Waals surface area contributed by atoms with Gasteiger partial charge in [0, 0.05) is 12.3 Å². The third-order valence-corrected chi connectivity index (χ3v) is 3.24. The molecule has 11 heavy (non-hydrogen) atoms. The maximum absolute atomic E-state index is 11.3. The average Bonchev–Trinajstić information content (AvgIpc) is 2.05. The molecule has 1 nitrogen and oxygen atoms in total. The van der Waals surface area contributed by atoms with E-state index < -0.39 is 0 Å². The molecule has 0 saturated heterocycles. The minimum atomic E-state index is 0.400. The maximum atomic E-state index is 11.3. The van der Waals surface area contributed by atoms with Crippen LogP contribution in [0, 0.1) is 5.92 Å². The Bertz CT molecular complexity index is 136. The lowest BCUT2D eigenvalue weighted by atomic mass is 9.85. The van der Waals surface area contributed by atoms with Crippen molar-refractivity contribution in [2.24, 2.45) is 5.92 Å². The highest BCUT2D eigenvalue weighted by Crippen LogP contribution is 2.29. The molecule has 0 radical (unpaired) electrons. The summed E-state index contributed by atoms with van der Waals surface area (Å²) in [6.07, 6.45) is 5.43. The lowest BCUT2D eigenvalue weighted by Crippen LogP contribution is -2.20. The zero-order valence-electron chi connectivity index (χ0n) is 7.18. The highest BCUT2D eigenvalue weighted by Gasteiger charge is 2.22. The predicted octanol–water partition coefficient (Wildman–Crippen LogP) is 2.40. The molecule has 64 valence electrons. The highest BCUT2D eigenvalue weighted by atomic mass is 31.0. The molecule has 1 aliphatic carbocycles. The standard InChI is InChI=1S/C9H17OP/c1-2-9(10)7-3-5-8(11)6-4-7/h7-8H,2-6,11H2,1H3. The van der Waals surface area contributed by atoms with Crippen molar-refractivity contribution in [3.05, 3.63) is 0 Å². The summed E-state index contributed by atoms with van der Waals surface area (Å²) in [5, 5.41) is 0. The Labute approximate surface area is 71.1 Å². The molecule has 1 unspecified atom stereocenters. The molecule has 0 N–H and O–H groups in total. The summed E-state index contributed by atoms with van der Waals surface area (Å²) in [6.45, 7) is 1.97. The smallest absolute Gasteiger partial charge is 0.135 e.